The van der Waals surface area contributed by atoms with Crippen LogP contribution in [0.2, 0.25) is 0 Å². The molecule has 1 aromatic heterocycles. The molecule has 166 valence electrons. The first-order valence-electron chi connectivity index (χ1n) is 10.4. The van der Waals surface area contributed by atoms with E-state index in [9.17, 15) is 0 Å². The van der Waals surface area contributed by atoms with Gasteiger partial charge in [-0.2, -0.15) is 5.10 Å². The molecule has 1 aromatic carbocycles. The monoisotopic (exact) mass is 526 g/mol. The normalized spacial score (nSPS) is 14.9. The van der Waals surface area contributed by atoms with Crippen molar-refractivity contribution in [3.05, 3.63) is 47.8 Å². The summed E-state index contributed by atoms with van der Waals surface area (Å²) >= 11 is 0. The summed E-state index contributed by atoms with van der Waals surface area (Å²) in [7, 11) is 6.10. The van der Waals surface area contributed by atoms with E-state index in [2.05, 4.69) is 53.9 Å². The third kappa shape index (κ3) is 7.46. The Hall–Kier alpha value is -1.81. The highest BCUT2D eigenvalue weighted by molar-refractivity contribution is 14.0. The van der Waals surface area contributed by atoms with Gasteiger partial charge in [0, 0.05) is 37.5 Å². The molecule has 0 bridgehead atoms. The van der Waals surface area contributed by atoms with Gasteiger partial charge in [-0.1, -0.05) is 18.2 Å². The molecule has 2 aromatic rings. The maximum atomic E-state index is 6.02. The summed E-state index contributed by atoms with van der Waals surface area (Å²) in [5, 5.41) is 11.1. The lowest BCUT2D eigenvalue weighted by Gasteiger charge is -2.24. The summed E-state index contributed by atoms with van der Waals surface area (Å²) in [6.45, 7) is 5.02. The predicted octanol–water partition coefficient (Wildman–Crippen LogP) is 3.18. The van der Waals surface area contributed by atoms with Crippen LogP contribution < -0.4 is 15.4 Å². The molecule has 1 saturated carbocycles. The van der Waals surface area contributed by atoms with Gasteiger partial charge < -0.3 is 20.3 Å². The minimum absolute atomic E-state index is 0. The van der Waals surface area contributed by atoms with Gasteiger partial charge in [-0.3, -0.25) is 4.68 Å². The number of likely N-dealkylation sites (N-methyl/N-ethyl adjacent to an activating group) is 1. The Kier molecular flexibility index (Phi) is 9.90. The standard InChI is InChI=1S/C22H34N6O.HI/c1-5-23-22(25-14-20(27(2)3)19-13-26-28(4)15-19)24-12-18-8-6-7-9-21(18)29-16-17-10-11-17;/h6-9,13,15,17,20H,5,10-12,14,16H2,1-4H3,(H2,23,24,25);1H. The molecule has 0 amide bonds. The van der Waals surface area contributed by atoms with Crippen molar-refractivity contribution in [1.29, 1.82) is 0 Å². The maximum absolute atomic E-state index is 6.02. The minimum atomic E-state index is 0. The van der Waals surface area contributed by atoms with Gasteiger partial charge in [0.1, 0.15) is 5.75 Å². The molecule has 1 atom stereocenters. The zero-order valence-electron chi connectivity index (χ0n) is 18.5. The summed E-state index contributed by atoms with van der Waals surface area (Å²) in [5.74, 6) is 2.49. The SMILES string of the molecule is CCNC(=NCc1ccccc1OCC1CC1)NCC(c1cnn(C)c1)N(C)C.I. The first-order chi connectivity index (χ1) is 14.1. The lowest BCUT2D eigenvalue weighted by Crippen LogP contribution is -2.41. The molecule has 8 heteroatoms. The van der Waals surface area contributed by atoms with E-state index >= 15 is 0 Å². The lowest BCUT2D eigenvalue weighted by molar-refractivity contribution is 0.296. The van der Waals surface area contributed by atoms with E-state index in [1.54, 1.807) is 0 Å². The van der Waals surface area contributed by atoms with Crippen molar-refractivity contribution in [3.8, 4) is 5.75 Å². The molecule has 1 unspecified atom stereocenters. The molecule has 2 N–H and O–H groups in total. The van der Waals surface area contributed by atoms with Gasteiger partial charge in [0.15, 0.2) is 5.96 Å². The van der Waals surface area contributed by atoms with Gasteiger partial charge in [0.05, 0.1) is 25.4 Å². The Bertz CT molecular complexity index is 802. The van der Waals surface area contributed by atoms with Crippen LogP contribution in [0, 0.1) is 5.92 Å². The summed E-state index contributed by atoms with van der Waals surface area (Å²) in [5.41, 5.74) is 2.29. The van der Waals surface area contributed by atoms with Gasteiger partial charge in [-0.15, -0.1) is 24.0 Å². The molecule has 1 heterocycles. The average Bonchev–Trinajstić information content (AvgIpc) is 3.44. The predicted molar refractivity (Wildman–Crippen MR) is 133 cm³/mol. The Morgan fingerprint density at radius 2 is 2.07 bits per heavy atom. The third-order valence-corrected chi connectivity index (χ3v) is 5.09. The van der Waals surface area contributed by atoms with E-state index in [-0.39, 0.29) is 30.0 Å². The number of guanidine groups is 1. The van der Waals surface area contributed by atoms with Crippen molar-refractivity contribution < 1.29 is 4.74 Å². The summed E-state index contributed by atoms with van der Waals surface area (Å²) in [6.07, 6.45) is 6.56. The smallest absolute Gasteiger partial charge is 0.191 e. The lowest BCUT2D eigenvalue weighted by atomic mass is 10.1. The molecule has 1 fully saturated rings. The number of ether oxygens (including phenoxy) is 1. The first-order valence-corrected chi connectivity index (χ1v) is 10.4. The second kappa shape index (κ2) is 12.1. The Labute approximate surface area is 197 Å². The van der Waals surface area contributed by atoms with E-state index in [1.165, 1.54) is 18.4 Å². The van der Waals surface area contributed by atoms with Crippen LogP contribution in [0.3, 0.4) is 0 Å². The van der Waals surface area contributed by atoms with Crippen LogP contribution in [0.25, 0.3) is 0 Å². The highest BCUT2D eigenvalue weighted by Gasteiger charge is 2.22. The quantitative estimate of drug-likeness (QED) is 0.283. The third-order valence-electron chi connectivity index (χ3n) is 5.09. The van der Waals surface area contributed by atoms with Crippen molar-refractivity contribution in [1.82, 2.24) is 25.3 Å². The van der Waals surface area contributed by atoms with E-state index in [1.807, 2.05) is 36.1 Å². The van der Waals surface area contributed by atoms with Crippen LogP contribution in [0.5, 0.6) is 5.75 Å². The zero-order chi connectivity index (χ0) is 20.6. The van der Waals surface area contributed by atoms with Gasteiger partial charge in [0.2, 0.25) is 0 Å². The number of aromatic nitrogens is 2. The van der Waals surface area contributed by atoms with Crippen molar-refractivity contribution in [2.45, 2.75) is 32.4 Å². The number of aryl methyl sites for hydroxylation is 1. The van der Waals surface area contributed by atoms with Crippen molar-refractivity contribution in [3.63, 3.8) is 0 Å². The van der Waals surface area contributed by atoms with E-state index in [0.717, 1.165) is 42.9 Å². The summed E-state index contributed by atoms with van der Waals surface area (Å²) in [4.78, 5) is 6.98. The number of aliphatic imine (C=N–C) groups is 1. The summed E-state index contributed by atoms with van der Waals surface area (Å²) in [6, 6.07) is 8.40. The first kappa shape index (κ1) is 24.5. The fraction of sp³-hybridized carbons (Fsp3) is 0.545. The minimum Gasteiger partial charge on any atom is -0.493 e. The second-order valence-corrected chi connectivity index (χ2v) is 7.86. The maximum Gasteiger partial charge on any atom is 0.191 e. The molecule has 0 saturated heterocycles. The molecular weight excluding hydrogens is 491 g/mol. The topological polar surface area (TPSA) is 66.7 Å². The molecule has 3 rings (SSSR count). The van der Waals surface area contributed by atoms with E-state index < -0.39 is 0 Å². The molecule has 1 aliphatic rings. The number of halogens is 1. The number of benzene rings is 1. The number of hydrogen-bond donors (Lipinski definition) is 2. The number of para-hydroxylation sites is 1. The fourth-order valence-electron chi connectivity index (χ4n) is 3.18. The molecular formula is C22H35IN6O. The molecule has 0 radical (unpaired) electrons. The highest BCUT2D eigenvalue weighted by Crippen LogP contribution is 2.30. The van der Waals surface area contributed by atoms with Crippen LogP contribution in [0.15, 0.2) is 41.7 Å². The van der Waals surface area contributed by atoms with Gasteiger partial charge in [-0.25, -0.2) is 4.99 Å². The highest BCUT2D eigenvalue weighted by atomic mass is 127. The number of rotatable bonds is 10. The van der Waals surface area contributed by atoms with E-state index in [4.69, 9.17) is 9.73 Å². The van der Waals surface area contributed by atoms with Crippen LogP contribution in [-0.4, -0.2) is 54.4 Å². The summed E-state index contributed by atoms with van der Waals surface area (Å²) < 4.78 is 7.85. The molecule has 0 aliphatic heterocycles. The number of hydrogen-bond acceptors (Lipinski definition) is 4. The van der Waals surface area contributed by atoms with Crippen molar-refractivity contribution in [2.75, 3.05) is 33.8 Å². The largest absolute Gasteiger partial charge is 0.493 e. The second-order valence-electron chi connectivity index (χ2n) is 7.86. The van der Waals surface area contributed by atoms with Crippen molar-refractivity contribution >= 4 is 29.9 Å². The van der Waals surface area contributed by atoms with Crippen LogP contribution in [0.1, 0.15) is 36.9 Å². The molecule has 7 nitrogen and oxygen atoms in total. The van der Waals surface area contributed by atoms with Crippen LogP contribution in [0.4, 0.5) is 0 Å². The Morgan fingerprint density at radius 3 is 2.70 bits per heavy atom. The fourth-order valence-corrected chi connectivity index (χ4v) is 3.18. The van der Waals surface area contributed by atoms with Gasteiger partial charge in [0.25, 0.3) is 0 Å². The molecule has 0 spiro atoms. The zero-order valence-corrected chi connectivity index (χ0v) is 20.8. The average molecular weight is 526 g/mol. The van der Waals surface area contributed by atoms with Crippen molar-refractivity contribution in [2.24, 2.45) is 18.0 Å². The van der Waals surface area contributed by atoms with Gasteiger partial charge >= 0.3 is 0 Å². The Balaban J connectivity index is 0.00000320. The molecule has 1 aliphatic carbocycles. The van der Waals surface area contributed by atoms with Crippen LogP contribution >= 0.6 is 24.0 Å². The number of nitrogens with zero attached hydrogens (tertiary/aromatic N) is 4. The van der Waals surface area contributed by atoms with Crippen LogP contribution in [-0.2, 0) is 13.6 Å². The van der Waals surface area contributed by atoms with E-state index in [0.29, 0.717) is 6.54 Å². The number of nitrogens with one attached hydrogen (secondary N) is 2. The van der Waals surface area contributed by atoms with Gasteiger partial charge in [-0.05, 0) is 45.8 Å². The molecule has 30 heavy (non-hydrogen) atoms. The Morgan fingerprint density at radius 1 is 1.30 bits per heavy atom.